The molecule has 4 N–H and O–H groups in total. The molecule has 1 saturated heterocycles. The van der Waals surface area contributed by atoms with E-state index in [2.05, 4.69) is 74.6 Å². The van der Waals surface area contributed by atoms with E-state index in [0.29, 0.717) is 12.8 Å². The lowest BCUT2D eigenvalue weighted by atomic mass is 9.99. The first kappa shape index (κ1) is 61.4. The van der Waals surface area contributed by atoms with Crippen LogP contribution in [0.3, 0.4) is 0 Å². The third kappa shape index (κ3) is 36.4. The molecule has 0 aromatic heterocycles. The monoisotopic (exact) mass is 931 g/mol. The van der Waals surface area contributed by atoms with Crippen LogP contribution >= 0.6 is 0 Å². The van der Waals surface area contributed by atoms with Crippen LogP contribution in [0.4, 0.5) is 0 Å². The summed E-state index contributed by atoms with van der Waals surface area (Å²) in [7, 11) is 0. The first-order valence-corrected chi connectivity index (χ1v) is 26.9. The fourth-order valence-corrected chi connectivity index (χ4v) is 7.98. The van der Waals surface area contributed by atoms with Gasteiger partial charge in [0.2, 0.25) is 0 Å². The maximum Gasteiger partial charge on any atom is 0.306 e. The van der Waals surface area contributed by atoms with Crippen molar-refractivity contribution >= 4 is 11.9 Å². The Kier molecular flexibility index (Phi) is 42.9. The lowest BCUT2D eigenvalue weighted by molar-refractivity contribution is -0.305. The average molecular weight is 931 g/mol. The second kappa shape index (κ2) is 46.1. The van der Waals surface area contributed by atoms with Crippen LogP contribution in [0, 0.1) is 0 Å². The molecule has 1 rings (SSSR count). The van der Waals surface area contributed by atoms with Crippen LogP contribution in [0.1, 0.15) is 226 Å². The van der Waals surface area contributed by atoms with Crippen LogP contribution in [0.25, 0.3) is 0 Å². The summed E-state index contributed by atoms with van der Waals surface area (Å²) in [6, 6.07) is 0. The number of rotatable bonds is 45. The van der Waals surface area contributed by atoms with Crippen molar-refractivity contribution in [1.29, 1.82) is 0 Å². The molecule has 2 unspecified atom stereocenters. The summed E-state index contributed by atoms with van der Waals surface area (Å²) in [4.78, 5) is 25.5. The quantitative estimate of drug-likeness (QED) is 0.0264. The highest BCUT2D eigenvalue weighted by molar-refractivity contribution is 5.70. The Morgan fingerprint density at radius 3 is 1.35 bits per heavy atom. The van der Waals surface area contributed by atoms with Crippen molar-refractivity contribution in [2.24, 2.45) is 0 Å². The van der Waals surface area contributed by atoms with Gasteiger partial charge in [-0.3, -0.25) is 9.59 Å². The third-order valence-electron chi connectivity index (χ3n) is 12.2. The highest BCUT2D eigenvalue weighted by atomic mass is 16.7. The van der Waals surface area contributed by atoms with Crippen LogP contribution in [0.5, 0.6) is 0 Å². The summed E-state index contributed by atoms with van der Waals surface area (Å²) in [5.41, 5.74) is 0. The van der Waals surface area contributed by atoms with E-state index in [1.807, 2.05) is 0 Å². The van der Waals surface area contributed by atoms with Gasteiger partial charge in [-0.2, -0.15) is 0 Å². The molecule has 1 aliphatic rings. The molecule has 1 aliphatic heterocycles. The molecule has 0 aromatic rings. The average Bonchev–Trinajstić information content (AvgIpc) is 3.32. The van der Waals surface area contributed by atoms with Crippen molar-refractivity contribution in [3.63, 3.8) is 0 Å². The standard InChI is InChI=1S/C56H98O10/c1-3-5-7-9-11-13-15-17-19-21-23-24-25-27-29-31-33-35-37-39-41-43-45-52(59)65-49(48-64-56-55(62)54(61)53(60)50(46-57)66-56)47-63-51(58)44-42-40-38-36-34-32-30-28-26-22-20-18-16-14-12-10-8-6-4-2/h6,8,12,14,18,20,26,28,32,34,49-50,53-57,60-62H,3-5,7,9-11,13,15-17,19,21-25,27,29-31,33,35-48H2,1-2H3/b8-6+,14-12+,20-18+,28-26+,34-32+/t49-,50-,53+,54?,55?,56-/m1/s1. The Labute approximate surface area is 402 Å². The lowest BCUT2D eigenvalue weighted by Gasteiger charge is -2.39. The van der Waals surface area contributed by atoms with Gasteiger partial charge in [0.25, 0.3) is 0 Å². The molecule has 0 saturated carbocycles. The summed E-state index contributed by atoms with van der Waals surface area (Å²) >= 11 is 0. The van der Waals surface area contributed by atoms with E-state index in [4.69, 9.17) is 18.9 Å². The highest BCUT2D eigenvalue weighted by Crippen LogP contribution is 2.23. The maximum atomic E-state index is 12.9. The van der Waals surface area contributed by atoms with E-state index in [-0.39, 0.29) is 26.1 Å². The zero-order valence-electron chi connectivity index (χ0n) is 41.9. The van der Waals surface area contributed by atoms with Gasteiger partial charge < -0.3 is 39.4 Å². The molecule has 0 radical (unpaired) electrons. The molecule has 1 heterocycles. The number of hydrogen-bond acceptors (Lipinski definition) is 10. The van der Waals surface area contributed by atoms with Crippen LogP contribution in [0.15, 0.2) is 60.8 Å². The zero-order valence-corrected chi connectivity index (χ0v) is 41.9. The van der Waals surface area contributed by atoms with E-state index in [9.17, 15) is 30.0 Å². The highest BCUT2D eigenvalue weighted by Gasteiger charge is 2.44. The molecule has 382 valence electrons. The van der Waals surface area contributed by atoms with E-state index >= 15 is 0 Å². The predicted molar refractivity (Wildman–Crippen MR) is 270 cm³/mol. The van der Waals surface area contributed by atoms with E-state index in [0.717, 1.165) is 70.6 Å². The number of carbonyl (C=O) groups is 2. The Hall–Kier alpha value is -2.60. The minimum Gasteiger partial charge on any atom is -0.462 e. The van der Waals surface area contributed by atoms with Crippen molar-refractivity contribution in [3.8, 4) is 0 Å². The lowest BCUT2D eigenvalue weighted by Crippen LogP contribution is -2.59. The van der Waals surface area contributed by atoms with Gasteiger partial charge >= 0.3 is 11.9 Å². The number of unbranched alkanes of at least 4 members (excludes halogenated alkanes) is 24. The molecule has 0 aromatic carbocycles. The van der Waals surface area contributed by atoms with Crippen LogP contribution in [-0.2, 0) is 28.5 Å². The van der Waals surface area contributed by atoms with Crippen LogP contribution in [0.2, 0.25) is 0 Å². The summed E-state index contributed by atoms with van der Waals surface area (Å²) in [6.07, 6.45) is 50.9. The third-order valence-corrected chi connectivity index (χ3v) is 12.2. The van der Waals surface area contributed by atoms with Crippen LogP contribution in [-0.4, -0.2) is 89.0 Å². The van der Waals surface area contributed by atoms with Crippen molar-refractivity contribution in [2.75, 3.05) is 19.8 Å². The van der Waals surface area contributed by atoms with E-state index in [1.54, 1.807) is 0 Å². The molecular formula is C56H98O10. The molecule has 0 amide bonds. The van der Waals surface area contributed by atoms with Crippen molar-refractivity contribution in [3.05, 3.63) is 60.8 Å². The predicted octanol–water partition coefficient (Wildman–Crippen LogP) is 13.0. The summed E-state index contributed by atoms with van der Waals surface area (Å²) in [5, 5.41) is 40.2. The molecule has 0 spiro atoms. The summed E-state index contributed by atoms with van der Waals surface area (Å²) in [5.74, 6) is -0.838. The Morgan fingerprint density at radius 1 is 0.485 bits per heavy atom. The number of carbonyl (C=O) groups excluding carboxylic acids is 2. The molecule has 66 heavy (non-hydrogen) atoms. The van der Waals surface area contributed by atoms with Gasteiger partial charge in [0.15, 0.2) is 12.4 Å². The molecule has 10 nitrogen and oxygen atoms in total. The van der Waals surface area contributed by atoms with E-state index < -0.39 is 55.4 Å². The normalized spacial score (nSPS) is 19.6. The molecule has 0 aliphatic carbocycles. The molecule has 10 heteroatoms. The fraction of sp³-hybridized carbons (Fsp3) is 0.786. The number of hydrogen-bond donors (Lipinski definition) is 4. The van der Waals surface area contributed by atoms with Crippen molar-refractivity contribution < 1.29 is 49.0 Å². The van der Waals surface area contributed by atoms with Gasteiger partial charge in [-0.1, -0.05) is 216 Å². The van der Waals surface area contributed by atoms with Crippen molar-refractivity contribution in [1.82, 2.24) is 0 Å². The molecule has 0 bridgehead atoms. The van der Waals surface area contributed by atoms with Crippen molar-refractivity contribution in [2.45, 2.75) is 263 Å². The second-order valence-corrected chi connectivity index (χ2v) is 18.3. The largest absolute Gasteiger partial charge is 0.462 e. The van der Waals surface area contributed by atoms with Gasteiger partial charge in [-0.25, -0.2) is 0 Å². The van der Waals surface area contributed by atoms with Crippen LogP contribution < -0.4 is 0 Å². The number of esters is 2. The summed E-state index contributed by atoms with van der Waals surface area (Å²) < 4.78 is 22.2. The first-order chi connectivity index (χ1) is 32.3. The SMILES string of the molecule is CC/C=C/C/C=C/C/C=C/C/C=C/C/C=C/CCCCCC(=O)OC[C@H](CO[C@@H]1O[C@H](CO)[C@H](O)C(O)C1O)OC(=O)CCCCCCCCCCCCCCCCCCCCCCCC. The smallest absolute Gasteiger partial charge is 0.306 e. The van der Waals surface area contributed by atoms with Gasteiger partial charge in [0.05, 0.1) is 13.2 Å². The number of aliphatic hydroxyl groups is 4. The zero-order chi connectivity index (χ0) is 48.0. The maximum absolute atomic E-state index is 12.9. The van der Waals surface area contributed by atoms with Gasteiger partial charge in [-0.15, -0.1) is 0 Å². The fourth-order valence-electron chi connectivity index (χ4n) is 7.98. The number of allylic oxidation sites excluding steroid dienone is 10. The minimum atomic E-state index is -1.60. The van der Waals surface area contributed by atoms with Gasteiger partial charge in [-0.05, 0) is 57.8 Å². The Morgan fingerprint density at radius 2 is 0.894 bits per heavy atom. The summed E-state index contributed by atoms with van der Waals surface area (Å²) in [6.45, 7) is 3.31. The van der Waals surface area contributed by atoms with E-state index in [1.165, 1.54) is 116 Å². The molecule has 6 atom stereocenters. The van der Waals surface area contributed by atoms with Gasteiger partial charge in [0.1, 0.15) is 31.0 Å². The molecular weight excluding hydrogens is 833 g/mol. The topological polar surface area (TPSA) is 152 Å². The Balaban J connectivity index is 2.26. The first-order valence-electron chi connectivity index (χ1n) is 26.9. The minimum absolute atomic E-state index is 0.224. The number of aliphatic hydroxyl groups excluding tert-OH is 4. The number of ether oxygens (including phenoxy) is 4. The van der Waals surface area contributed by atoms with Gasteiger partial charge in [0, 0.05) is 12.8 Å². The second-order valence-electron chi connectivity index (χ2n) is 18.3. The Bertz CT molecular complexity index is 1260. The molecule has 1 fully saturated rings.